The number of carbonyl (C=O) groups excluding carboxylic acids is 1. The summed E-state index contributed by atoms with van der Waals surface area (Å²) in [4.78, 5) is 23.7. The lowest BCUT2D eigenvalue weighted by molar-refractivity contribution is -0.141. The molecule has 2 aromatic carbocycles. The molecule has 0 fully saturated rings. The van der Waals surface area contributed by atoms with Crippen LogP contribution in [-0.2, 0) is 16.0 Å². The highest BCUT2D eigenvalue weighted by Crippen LogP contribution is 2.20. The van der Waals surface area contributed by atoms with E-state index in [9.17, 15) is 14.7 Å². The molecule has 0 aliphatic heterocycles. The number of benzene rings is 2. The lowest BCUT2D eigenvalue weighted by atomic mass is 9.98. The minimum Gasteiger partial charge on any atom is -0.480 e. The van der Waals surface area contributed by atoms with E-state index in [1.807, 2.05) is 42.5 Å². The number of aliphatic hydroxyl groups excluding tert-OH is 1. The maximum Gasteiger partial charge on any atom is 0.326 e. The van der Waals surface area contributed by atoms with Crippen LogP contribution in [-0.4, -0.2) is 34.7 Å². The first-order valence-corrected chi connectivity index (χ1v) is 9.21. The molecule has 0 radical (unpaired) electrons. The quantitative estimate of drug-likeness (QED) is 0.539. The van der Waals surface area contributed by atoms with E-state index in [0.29, 0.717) is 6.42 Å². The van der Waals surface area contributed by atoms with Crippen LogP contribution in [0.15, 0.2) is 42.5 Å². The van der Waals surface area contributed by atoms with Crippen molar-refractivity contribution in [2.75, 3.05) is 6.61 Å². The number of carboxylic acid groups (broad SMARTS) is 1. The van der Waals surface area contributed by atoms with Gasteiger partial charge < -0.3 is 15.5 Å². The van der Waals surface area contributed by atoms with Gasteiger partial charge in [-0.25, -0.2) is 4.79 Å². The smallest absolute Gasteiger partial charge is 0.326 e. The van der Waals surface area contributed by atoms with E-state index in [4.69, 9.17) is 5.11 Å². The lowest BCUT2D eigenvalue weighted by Gasteiger charge is -2.16. The normalized spacial score (nSPS) is 12.0. The molecule has 5 nitrogen and oxygen atoms in total. The van der Waals surface area contributed by atoms with Crippen molar-refractivity contribution in [3.63, 3.8) is 0 Å². The van der Waals surface area contributed by atoms with E-state index in [-0.39, 0.29) is 18.9 Å². The summed E-state index contributed by atoms with van der Waals surface area (Å²) >= 11 is 0. The predicted octanol–water partition coefficient (Wildman–Crippen LogP) is 3.28. The van der Waals surface area contributed by atoms with Gasteiger partial charge in [-0.2, -0.15) is 0 Å². The minimum absolute atomic E-state index is 0.203. The van der Waals surface area contributed by atoms with Gasteiger partial charge in [0.1, 0.15) is 6.04 Å². The molecule has 2 aromatic rings. The molecule has 0 aliphatic rings. The van der Waals surface area contributed by atoms with Gasteiger partial charge in [-0.1, -0.05) is 61.7 Å². The molecular formula is C21H27NO4. The number of aliphatic hydroxyl groups is 1. The summed E-state index contributed by atoms with van der Waals surface area (Å²) in [6, 6.07) is 12.7. The molecule has 0 spiro atoms. The van der Waals surface area contributed by atoms with E-state index in [1.165, 1.54) is 0 Å². The average molecular weight is 357 g/mol. The predicted molar refractivity (Wildman–Crippen MR) is 102 cm³/mol. The third-order valence-corrected chi connectivity index (χ3v) is 4.50. The Balaban J connectivity index is 1.90. The number of fused-ring (bicyclic) bond motifs is 1. The van der Waals surface area contributed by atoms with Gasteiger partial charge in [-0.05, 0) is 29.2 Å². The molecule has 0 heterocycles. The van der Waals surface area contributed by atoms with Crippen molar-refractivity contribution in [1.82, 2.24) is 5.32 Å². The summed E-state index contributed by atoms with van der Waals surface area (Å²) in [6.45, 7) is 0.203. The number of aliphatic carboxylic acids is 1. The summed E-state index contributed by atoms with van der Waals surface area (Å²) in [5.74, 6) is -1.24. The molecule has 2 rings (SSSR count). The van der Waals surface area contributed by atoms with Crippen LogP contribution in [0.25, 0.3) is 10.8 Å². The van der Waals surface area contributed by atoms with Crippen molar-refractivity contribution < 1.29 is 19.8 Å². The van der Waals surface area contributed by atoms with E-state index in [0.717, 1.165) is 48.4 Å². The molecule has 0 aromatic heterocycles. The van der Waals surface area contributed by atoms with Gasteiger partial charge in [-0.15, -0.1) is 0 Å². The molecule has 0 aliphatic carbocycles. The molecule has 5 heteroatoms. The standard InChI is InChI=1S/C21H27NO4/c23-14-7-3-1-2-4-13-20(24)22-19(21(25)26)15-17-11-8-10-16-9-5-6-12-18(16)17/h5-6,8-12,19,23H,1-4,7,13-15H2,(H,22,24)(H,25,26). The second-order valence-electron chi connectivity index (χ2n) is 6.54. The fraction of sp³-hybridized carbons (Fsp3) is 0.429. The van der Waals surface area contributed by atoms with Crippen LogP contribution in [0.3, 0.4) is 0 Å². The van der Waals surface area contributed by atoms with Crippen molar-refractivity contribution in [2.24, 2.45) is 0 Å². The highest BCUT2D eigenvalue weighted by Gasteiger charge is 2.21. The Morgan fingerprint density at radius 3 is 2.38 bits per heavy atom. The molecule has 3 N–H and O–H groups in total. The summed E-state index contributed by atoms with van der Waals surface area (Å²) in [5.41, 5.74) is 0.916. The van der Waals surface area contributed by atoms with Crippen LogP contribution in [0, 0.1) is 0 Å². The maximum absolute atomic E-state index is 12.1. The maximum atomic E-state index is 12.1. The zero-order valence-corrected chi connectivity index (χ0v) is 15.0. The molecule has 0 saturated heterocycles. The zero-order valence-electron chi connectivity index (χ0n) is 15.0. The van der Waals surface area contributed by atoms with Crippen molar-refractivity contribution in [1.29, 1.82) is 0 Å². The molecule has 0 bridgehead atoms. The number of amides is 1. The van der Waals surface area contributed by atoms with Crippen LogP contribution >= 0.6 is 0 Å². The van der Waals surface area contributed by atoms with Gasteiger partial charge >= 0.3 is 5.97 Å². The third kappa shape index (κ3) is 6.15. The lowest BCUT2D eigenvalue weighted by Crippen LogP contribution is -2.42. The van der Waals surface area contributed by atoms with E-state index in [1.54, 1.807) is 0 Å². The van der Waals surface area contributed by atoms with Crippen molar-refractivity contribution in [3.8, 4) is 0 Å². The Hall–Kier alpha value is -2.40. The SMILES string of the molecule is O=C(CCCCCCCO)NC(Cc1cccc2ccccc12)C(=O)O. The monoisotopic (exact) mass is 357 g/mol. The summed E-state index contributed by atoms with van der Waals surface area (Å²) in [7, 11) is 0. The molecule has 140 valence electrons. The number of carboxylic acids is 1. The van der Waals surface area contributed by atoms with E-state index >= 15 is 0 Å². The highest BCUT2D eigenvalue weighted by atomic mass is 16.4. The number of hydrogen-bond acceptors (Lipinski definition) is 3. The second-order valence-corrected chi connectivity index (χ2v) is 6.54. The largest absolute Gasteiger partial charge is 0.480 e. The first kappa shape index (κ1) is 19.9. The van der Waals surface area contributed by atoms with Crippen LogP contribution in [0.2, 0.25) is 0 Å². The Labute approximate surface area is 154 Å². The number of rotatable bonds is 11. The third-order valence-electron chi connectivity index (χ3n) is 4.50. The minimum atomic E-state index is -1.02. The van der Waals surface area contributed by atoms with Crippen LogP contribution in [0.5, 0.6) is 0 Å². The summed E-state index contributed by atoms with van der Waals surface area (Å²) in [6.07, 6.45) is 4.96. The Bertz CT molecular complexity index is 724. The molecule has 1 amide bonds. The zero-order chi connectivity index (χ0) is 18.8. The highest BCUT2D eigenvalue weighted by molar-refractivity contribution is 5.88. The second kappa shape index (κ2) is 10.6. The molecule has 26 heavy (non-hydrogen) atoms. The molecular weight excluding hydrogens is 330 g/mol. The van der Waals surface area contributed by atoms with Crippen molar-refractivity contribution >= 4 is 22.6 Å². The summed E-state index contributed by atoms with van der Waals surface area (Å²) in [5, 5.41) is 22.9. The van der Waals surface area contributed by atoms with E-state index in [2.05, 4.69) is 5.32 Å². The number of hydrogen-bond donors (Lipinski definition) is 3. The van der Waals surface area contributed by atoms with Gasteiger partial charge in [-0.3, -0.25) is 4.79 Å². The van der Waals surface area contributed by atoms with E-state index < -0.39 is 12.0 Å². The molecule has 1 atom stereocenters. The van der Waals surface area contributed by atoms with Crippen LogP contribution < -0.4 is 5.32 Å². The van der Waals surface area contributed by atoms with Crippen molar-refractivity contribution in [3.05, 3.63) is 48.0 Å². The van der Waals surface area contributed by atoms with Gasteiger partial charge in [0.2, 0.25) is 5.91 Å². The fourth-order valence-electron chi connectivity index (χ4n) is 3.08. The Morgan fingerprint density at radius 1 is 0.923 bits per heavy atom. The number of carbonyl (C=O) groups is 2. The van der Waals surface area contributed by atoms with Gasteiger partial charge in [0.05, 0.1) is 0 Å². The van der Waals surface area contributed by atoms with Crippen molar-refractivity contribution in [2.45, 2.75) is 51.0 Å². The van der Waals surface area contributed by atoms with Gasteiger partial charge in [0, 0.05) is 19.4 Å². The average Bonchev–Trinajstić information content (AvgIpc) is 2.64. The Morgan fingerprint density at radius 2 is 1.62 bits per heavy atom. The summed E-state index contributed by atoms with van der Waals surface area (Å²) < 4.78 is 0. The fourth-order valence-corrected chi connectivity index (χ4v) is 3.08. The first-order chi connectivity index (χ1) is 12.6. The Kier molecular flexibility index (Phi) is 8.09. The van der Waals surface area contributed by atoms with Crippen LogP contribution in [0.4, 0.5) is 0 Å². The number of unbranched alkanes of at least 4 members (excludes halogenated alkanes) is 4. The molecule has 0 saturated carbocycles. The van der Waals surface area contributed by atoms with Crippen LogP contribution in [0.1, 0.15) is 44.1 Å². The molecule has 1 unspecified atom stereocenters. The topological polar surface area (TPSA) is 86.6 Å². The number of nitrogens with one attached hydrogen (secondary N) is 1. The first-order valence-electron chi connectivity index (χ1n) is 9.21. The van der Waals surface area contributed by atoms with Gasteiger partial charge in [0.15, 0.2) is 0 Å². The van der Waals surface area contributed by atoms with Gasteiger partial charge in [0.25, 0.3) is 0 Å².